The first-order valence-corrected chi connectivity index (χ1v) is 6.02. The van der Waals surface area contributed by atoms with Crippen molar-refractivity contribution in [2.24, 2.45) is 5.92 Å². The summed E-state index contributed by atoms with van der Waals surface area (Å²) in [5.74, 6) is 1.67. The van der Waals surface area contributed by atoms with Gasteiger partial charge in [-0.3, -0.25) is 0 Å². The molecular formula is C14H21N. The number of nitrogens with two attached hydrogens (primary N) is 1. The van der Waals surface area contributed by atoms with Crippen LogP contribution in [0.4, 0.5) is 5.69 Å². The number of hydrogen-bond donors (Lipinski definition) is 1. The quantitative estimate of drug-likeness (QED) is 0.689. The van der Waals surface area contributed by atoms with Crippen molar-refractivity contribution in [3.63, 3.8) is 0 Å². The third kappa shape index (κ3) is 2.53. The summed E-state index contributed by atoms with van der Waals surface area (Å²) in [5.41, 5.74) is 9.57. The second kappa shape index (κ2) is 4.26. The van der Waals surface area contributed by atoms with Crippen LogP contribution in [-0.2, 0) is 0 Å². The van der Waals surface area contributed by atoms with Gasteiger partial charge in [-0.2, -0.15) is 0 Å². The maximum absolute atomic E-state index is 5.89. The second-order valence-corrected chi connectivity index (χ2v) is 5.13. The van der Waals surface area contributed by atoms with E-state index in [4.69, 9.17) is 5.73 Å². The molecule has 0 amide bonds. The van der Waals surface area contributed by atoms with E-state index in [1.165, 1.54) is 36.8 Å². The normalized spacial score (nSPS) is 26.5. The molecule has 0 spiro atoms. The Morgan fingerprint density at radius 3 is 2.33 bits per heavy atom. The third-order valence-corrected chi connectivity index (χ3v) is 3.61. The first-order chi connectivity index (χ1) is 7.15. The van der Waals surface area contributed by atoms with Crippen LogP contribution in [0.5, 0.6) is 0 Å². The van der Waals surface area contributed by atoms with E-state index >= 15 is 0 Å². The van der Waals surface area contributed by atoms with Crippen LogP contribution in [0.3, 0.4) is 0 Å². The van der Waals surface area contributed by atoms with Crippen LogP contribution in [0, 0.1) is 12.8 Å². The molecular weight excluding hydrogens is 182 g/mol. The van der Waals surface area contributed by atoms with Crippen LogP contribution in [0.25, 0.3) is 0 Å². The van der Waals surface area contributed by atoms with Gasteiger partial charge in [0.05, 0.1) is 0 Å². The average molecular weight is 203 g/mol. The van der Waals surface area contributed by atoms with E-state index in [9.17, 15) is 0 Å². The standard InChI is InChI=1S/C14H21N/c1-10-3-5-12(6-4-10)13-7-11(2)8-14(15)9-13/h7-10,12H,3-6,15H2,1-2H3. The van der Waals surface area contributed by atoms with Crippen molar-refractivity contribution < 1.29 is 0 Å². The molecule has 15 heavy (non-hydrogen) atoms. The van der Waals surface area contributed by atoms with E-state index in [0.717, 1.165) is 17.5 Å². The first-order valence-electron chi connectivity index (χ1n) is 6.02. The molecule has 0 heterocycles. The molecule has 0 radical (unpaired) electrons. The molecule has 2 N–H and O–H groups in total. The maximum Gasteiger partial charge on any atom is 0.0319 e. The Bertz CT molecular complexity index is 315. The summed E-state index contributed by atoms with van der Waals surface area (Å²) in [6.07, 6.45) is 5.42. The molecule has 0 aliphatic heterocycles. The highest BCUT2D eigenvalue weighted by molar-refractivity contribution is 5.45. The Balaban J connectivity index is 2.15. The van der Waals surface area contributed by atoms with Gasteiger partial charge in [0.2, 0.25) is 0 Å². The zero-order valence-corrected chi connectivity index (χ0v) is 9.79. The Labute approximate surface area is 92.7 Å². The lowest BCUT2D eigenvalue weighted by molar-refractivity contribution is 0.348. The minimum Gasteiger partial charge on any atom is -0.399 e. The fraction of sp³-hybridized carbons (Fsp3) is 0.571. The minimum absolute atomic E-state index is 0.753. The molecule has 1 fully saturated rings. The number of aryl methyl sites for hydroxylation is 1. The molecule has 1 heteroatoms. The van der Waals surface area contributed by atoms with Gasteiger partial charge in [-0.05, 0) is 54.9 Å². The molecule has 0 bridgehead atoms. The molecule has 1 aliphatic rings. The van der Waals surface area contributed by atoms with Gasteiger partial charge < -0.3 is 5.73 Å². The Morgan fingerprint density at radius 2 is 1.73 bits per heavy atom. The lowest BCUT2D eigenvalue weighted by Gasteiger charge is -2.26. The molecule has 0 atom stereocenters. The molecule has 1 aromatic rings. The van der Waals surface area contributed by atoms with Crippen molar-refractivity contribution >= 4 is 5.69 Å². The topological polar surface area (TPSA) is 26.0 Å². The highest BCUT2D eigenvalue weighted by atomic mass is 14.5. The summed E-state index contributed by atoms with van der Waals surface area (Å²) >= 11 is 0. The van der Waals surface area contributed by atoms with Crippen LogP contribution < -0.4 is 5.73 Å². The minimum atomic E-state index is 0.753. The molecule has 1 nitrogen and oxygen atoms in total. The Morgan fingerprint density at radius 1 is 1.07 bits per heavy atom. The van der Waals surface area contributed by atoms with Crippen molar-refractivity contribution in [3.8, 4) is 0 Å². The van der Waals surface area contributed by atoms with Crippen molar-refractivity contribution in [1.29, 1.82) is 0 Å². The number of rotatable bonds is 1. The second-order valence-electron chi connectivity index (χ2n) is 5.13. The van der Waals surface area contributed by atoms with Gasteiger partial charge in [0.1, 0.15) is 0 Å². The predicted octanol–water partition coefficient (Wildman–Crippen LogP) is 3.87. The summed E-state index contributed by atoms with van der Waals surface area (Å²) < 4.78 is 0. The van der Waals surface area contributed by atoms with Crippen LogP contribution in [-0.4, -0.2) is 0 Å². The fourth-order valence-corrected chi connectivity index (χ4v) is 2.67. The van der Waals surface area contributed by atoms with Crippen LogP contribution >= 0.6 is 0 Å². The van der Waals surface area contributed by atoms with Gasteiger partial charge in [0.15, 0.2) is 0 Å². The molecule has 0 saturated heterocycles. The summed E-state index contributed by atoms with van der Waals surface area (Å²) in [7, 11) is 0. The van der Waals surface area contributed by atoms with Gasteiger partial charge in [-0.15, -0.1) is 0 Å². The summed E-state index contributed by atoms with van der Waals surface area (Å²) in [6, 6.07) is 6.51. The maximum atomic E-state index is 5.89. The highest BCUT2D eigenvalue weighted by Gasteiger charge is 2.19. The number of nitrogen functional groups attached to an aromatic ring is 1. The number of anilines is 1. The van der Waals surface area contributed by atoms with Crippen LogP contribution in [0.2, 0.25) is 0 Å². The predicted molar refractivity (Wildman–Crippen MR) is 66.0 cm³/mol. The molecule has 82 valence electrons. The van der Waals surface area contributed by atoms with E-state index in [1.807, 2.05) is 0 Å². The summed E-state index contributed by atoms with van der Waals surface area (Å²) in [4.78, 5) is 0. The number of benzene rings is 1. The van der Waals surface area contributed by atoms with Crippen molar-refractivity contribution in [3.05, 3.63) is 29.3 Å². The van der Waals surface area contributed by atoms with Gasteiger partial charge >= 0.3 is 0 Å². The average Bonchev–Trinajstić information content (AvgIpc) is 2.17. The van der Waals surface area contributed by atoms with Gasteiger partial charge in [0.25, 0.3) is 0 Å². The molecule has 1 saturated carbocycles. The largest absolute Gasteiger partial charge is 0.399 e. The van der Waals surface area contributed by atoms with E-state index in [-0.39, 0.29) is 0 Å². The van der Waals surface area contributed by atoms with E-state index in [2.05, 4.69) is 32.0 Å². The van der Waals surface area contributed by atoms with Crippen molar-refractivity contribution in [1.82, 2.24) is 0 Å². The monoisotopic (exact) mass is 203 g/mol. The molecule has 0 unspecified atom stereocenters. The first kappa shape index (κ1) is 10.5. The third-order valence-electron chi connectivity index (χ3n) is 3.61. The molecule has 1 aliphatic carbocycles. The van der Waals surface area contributed by atoms with Gasteiger partial charge in [-0.1, -0.05) is 25.8 Å². The zero-order valence-electron chi connectivity index (χ0n) is 9.79. The van der Waals surface area contributed by atoms with E-state index < -0.39 is 0 Å². The number of hydrogen-bond acceptors (Lipinski definition) is 1. The molecule has 0 aromatic heterocycles. The lowest BCUT2D eigenvalue weighted by Crippen LogP contribution is -2.11. The SMILES string of the molecule is Cc1cc(N)cc(C2CCC(C)CC2)c1. The molecule has 2 rings (SSSR count). The Hall–Kier alpha value is -0.980. The highest BCUT2D eigenvalue weighted by Crippen LogP contribution is 2.36. The smallest absolute Gasteiger partial charge is 0.0319 e. The zero-order chi connectivity index (χ0) is 10.8. The van der Waals surface area contributed by atoms with Crippen molar-refractivity contribution in [2.45, 2.75) is 45.4 Å². The lowest BCUT2D eigenvalue weighted by atomic mass is 9.79. The van der Waals surface area contributed by atoms with Crippen LogP contribution in [0.1, 0.15) is 49.7 Å². The summed E-state index contributed by atoms with van der Waals surface area (Å²) in [6.45, 7) is 4.49. The van der Waals surface area contributed by atoms with Crippen molar-refractivity contribution in [2.75, 3.05) is 5.73 Å². The Kier molecular flexibility index (Phi) is 2.99. The molecule has 1 aromatic carbocycles. The summed E-state index contributed by atoms with van der Waals surface area (Å²) in [5, 5.41) is 0. The fourth-order valence-electron chi connectivity index (χ4n) is 2.67. The van der Waals surface area contributed by atoms with Gasteiger partial charge in [-0.25, -0.2) is 0 Å². The van der Waals surface area contributed by atoms with Gasteiger partial charge in [0, 0.05) is 5.69 Å². The van der Waals surface area contributed by atoms with Crippen LogP contribution in [0.15, 0.2) is 18.2 Å². The van der Waals surface area contributed by atoms with E-state index in [1.54, 1.807) is 0 Å². The van der Waals surface area contributed by atoms with E-state index in [0.29, 0.717) is 0 Å².